The number of nitrogens with zero attached hydrogens (tertiary/aromatic N) is 1. The Labute approximate surface area is 123 Å². The van der Waals surface area contributed by atoms with Crippen LogP contribution in [-0.4, -0.2) is 49.6 Å². The lowest BCUT2D eigenvalue weighted by Crippen LogP contribution is -2.27. The first-order chi connectivity index (χ1) is 9.76. The predicted octanol–water partition coefficient (Wildman–Crippen LogP) is 1.51. The van der Waals surface area contributed by atoms with Gasteiger partial charge in [-0.3, -0.25) is 4.90 Å². The molecule has 2 rings (SSSR count). The minimum atomic E-state index is -3.05. The Hall–Kier alpha value is -1.05. The smallest absolute Gasteiger partial charge is 0.147 e. The summed E-state index contributed by atoms with van der Waals surface area (Å²) in [5.41, 5.74) is 0.214. The Morgan fingerprint density at radius 2 is 2.10 bits per heavy atom. The van der Waals surface area contributed by atoms with Gasteiger partial charge < -0.3 is 5.11 Å². The molecule has 1 aliphatic heterocycles. The molecular formula is C14H19F2NO3S. The third kappa shape index (κ3) is 4.46. The molecule has 1 aromatic rings. The number of aliphatic hydroxyl groups is 1. The summed E-state index contributed by atoms with van der Waals surface area (Å²) in [5.74, 6) is -0.995. The van der Waals surface area contributed by atoms with Crippen molar-refractivity contribution in [1.29, 1.82) is 0 Å². The number of likely N-dealkylation sites (tertiary alicyclic amines) is 1. The van der Waals surface area contributed by atoms with E-state index in [1.807, 2.05) is 4.90 Å². The van der Waals surface area contributed by atoms with Gasteiger partial charge in [-0.15, -0.1) is 0 Å². The Bertz CT molecular complexity index is 606. The van der Waals surface area contributed by atoms with Crippen LogP contribution < -0.4 is 0 Å². The minimum absolute atomic E-state index is 0.0396. The normalized spacial score (nSPS) is 23.6. The van der Waals surface area contributed by atoms with Gasteiger partial charge in [0.15, 0.2) is 0 Å². The summed E-state index contributed by atoms with van der Waals surface area (Å²) in [6.45, 7) is 0.759. The Morgan fingerprint density at radius 1 is 1.38 bits per heavy atom. The number of hydrogen-bond donors (Lipinski definition) is 1. The molecule has 0 unspecified atom stereocenters. The molecular weight excluding hydrogens is 300 g/mol. The van der Waals surface area contributed by atoms with E-state index in [4.69, 9.17) is 0 Å². The molecule has 4 nitrogen and oxygen atoms in total. The number of aliphatic hydroxyl groups excluding tert-OH is 1. The molecule has 2 atom stereocenters. The van der Waals surface area contributed by atoms with Crippen LogP contribution in [0.5, 0.6) is 0 Å². The fourth-order valence-corrected chi connectivity index (χ4v) is 3.40. The van der Waals surface area contributed by atoms with Crippen LogP contribution in [0.3, 0.4) is 0 Å². The molecule has 0 spiro atoms. The molecule has 7 heteroatoms. The number of hydrogen-bond acceptors (Lipinski definition) is 4. The van der Waals surface area contributed by atoms with Crippen molar-refractivity contribution in [2.45, 2.75) is 25.0 Å². The molecule has 0 saturated carbocycles. The van der Waals surface area contributed by atoms with Crippen LogP contribution in [-0.2, 0) is 9.84 Å². The summed E-state index contributed by atoms with van der Waals surface area (Å²) in [6, 6.07) is 2.85. The number of sulfone groups is 1. The van der Waals surface area contributed by atoms with Crippen LogP contribution in [0.1, 0.15) is 24.4 Å². The van der Waals surface area contributed by atoms with Gasteiger partial charge >= 0.3 is 0 Å². The van der Waals surface area contributed by atoms with Crippen LogP contribution in [0.2, 0.25) is 0 Å². The van der Waals surface area contributed by atoms with Gasteiger partial charge in [-0.05, 0) is 37.6 Å². The van der Waals surface area contributed by atoms with Crippen molar-refractivity contribution in [3.05, 3.63) is 35.4 Å². The lowest BCUT2D eigenvalue weighted by molar-refractivity contribution is 0.175. The lowest BCUT2D eigenvalue weighted by atomic mass is 10.0. The second-order valence-corrected chi connectivity index (χ2v) is 7.81. The highest BCUT2D eigenvalue weighted by atomic mass is 32.2. The number of rotatable bonds is 5. The van der Waals surface area contributed by atoms with E-state index in [2.05, 4.69) is 0 Å². The van der Waals surface area contributed by atoms with Crippen molar-refractivity contribution in [2.24, 2.45) is 0 Å². The maximum atomic E-state index is 13.9. The van der Waals surface area contributed by atoms with Crippen LogP contribution in [0.15, 0.2) is 18.2 Å². The maximum Gasteiger partial charge on any atom is 0.147 e. The zero-order valence-electron chi connectivity index (χ0n) is 11.8. The molecule has 1 fully saturated rings. The lowest BCUT2D eigenvalue weighted by Gasteiger charge is -2.24. The third-order valence-corrected chi connectivity index (χ3v) is 4.69. The van der Waals surface area contributed by atoms with E-state index in [-0.39, 0.29) is 11.3 Å². The predicted molar refractivity (Wildman–Crippen MR) is 75.6 cm³/mol. The van der Waals surface area contributed by atoms with Crippen molar-refractivity contribution in [2.75, 3.05) is 25.1 Å². The fraction of sp³-hybridized carbons (Fsp3) is 0.571. The van der Waals surface area contributed by atoms with E-state index < -0.39 is 33.6 Å². The topological polar surface area (TPSA) is 57.6 Å². The molecule has 0 amide bonds. The Kier molecular flexibility index (Phi) is 4.95. The summed E-state index contributed by atoms with van der Waals surface area (Å²) in [6.07, 6.45) is 1.27. The zero-order chi connectivity index (χ0) is 15.6. The average molecular weight is 319 g/mol. The molecule has 0 radical (unpaired) electrons. The van der Waals surface area contributed by atoms with E-state index in [0.717, 1.165) is 24.5 Å². The molecule has 1 N–H and O–H groups in total. The monoisotopic (exact) mass is 319 g/mol. The van der Waals surface area contributed by atoms with Crippen molar-refractivity contribution in [3.8, 4) is 0 Å². The van der Waals surface area contributed by atoms with Gasteiger partial charge in [0.2, 0.25) is 0 Å². The molecule has 1 aromatic carbocycles. The van der Waals surface area contributed by atoms with Crippen LogP contribution in [0, 0.1) is 11.6 Å². The van der Waals surface area contributed by atoms with Crippen LogP contribution >= 0.6 is 0 Å². The van der Waals surface area contributed by atoms with E-state index in [1.54, 1.807) is 0 Å². The molecule has 1 heterocycles. The highest BCUT2D eigenvalue weighted by Crippen LogP contribution is 2.34. The molecule has 21 heavy (non-hydrogen) atoms. The van der Waals surface area contributed by atoms with Gasteiger partial charge in [0, 0.05) is 24.4 Å². The standard InChI is InChI=1S/C14H19F2NO3S/c1-21(19,20)6-2-5-17-9-11(18)8-14(17)12-7-10(15)3-4-13(12)16/h3-4,7,11,14,18H,2,5-6,8-9H2,1H3/t11-,14-/m0/s1. The largest absolute Gasteiger partial charge is 0.392 e. The van der Waals surface area contributed by atoms with Gasteiger partial charge in [0.05, 0.1) is 11.9 Å². The minimum Gasteiger partial charge on any atom is -0.392 e. The maximum absolute atomic E-state index is 13.9. The van der Waals surface area contributed by atoms with E-state index in [9.17, 15) is 22.3 Å². The molecule has 1 aliphatic rings. The summed E-state index contributed by atoms with van der Waals surface area (Å²) >= 11 is 0. The first-order valence-electron chi connectivity index (χ1n) is 6.81. The van der Waals surface area contributed by atoms with Gasteiger partial charge in [-0.1, -0.05) is 0 Å². The first kappa shape index (κ1) is 16.3. The summed E-state index contributed by atoms with van der Waals surface area (Å²) in [5, 5.41) is 9.77. The molecule has 0 bridgehead atoms. The highest BCUT2D eigenvalue weighted by molar-refractivity contribution is 7.90. The van der Waals surface area contributed by atoms with Gasteiger partial charge in [-0.25, -0.2) is 17.2 Å². The SMILES string of the molecule is CS(=O)(=O)CCCN1C[C@@H](O)C[C@H]1c1cc(F)ccc1F. The fourth-order valence-electron chi connectivity index (χ4n) is 2.75. The molecule has 118 valence electrons. The Morgan fingerprint density at radius 3 is 2.76 bits per heavy atom. The summed E-state index contributed by atoms with van der Waals surface area (Å²) < 4.78 is 49.5. The van der Waals surface area contributed by atoms with Crippen LogP contribution in [0.25, 0.3) is 0 Å². The Balaban J connectivity index is 2.11. The number of halogens is 2. The third-order valence-electron chi connectivity index (χ3n) is 3.66. The zero-order valence-corrected chi connectivity index (χ0v) is 12.6. The van der Waals surface area contributed by atoms with Crippen molar-refractivity contribution in [1.82, 2.24) is 4.90 Å². The quantitative estimate of drug-likeness (QED) is 0.894. The van der Waals surface area contributed by atoms with E-state index >= 15 is 0 Å². The van der Waals surface area contributed by atoms with Crippen LogP contribution in [0.4, 0.5) is 8.78 Å². The van der Waals surface area contributed by atoms with E-state index in [0.29, 0.717) is 25.9 Å². The molecule has 0 aliphatic carbocycles. The van der Waals surface area contributed by atoms with Gasteiger partial charge in [0.1, 0.15) is 21.5 Å². The van der Waals surface area contributed by atoms with Crippen molar-refractivity contribution >= 4 is 9.84 Å². The van der Waals surface area contributed by atoms with Gasteiger partial charge in [-0.2, -0.15) is 0 Å². The number of β-amino-alcohol motifs (C(OH)–C–C–N with tert-alkyl or cyclic N) is 1. The van der Waals surface area contributed by atoms with Crippen molar-refractivity contribution in [3.63, 3.8) is 0 Å². The highest BCUT2D eigenvalue weighted by Gasteiger charge is 2.33. The second-order valence-electron chi connectivity index (χ2n) is 5.55. The van der Waals surface area contributed by atoms with E-state index in [1.165, 1.54) is 0 Å². The molecule has 1 saturated heterocycles. The summed E-state index contributed by atoms with van der Waals surface area (Å²) in [4.78, 5) is 1.81. The average Bonchev–Trinajstić information content (AvgIpc) is 2.72. The number of benzene rings is 1. The second kappa shape index (κ2) is 6.37. The van der Waals surface area contributed by atoms with Crippen molar-refractivity contribution < 1.29 is 22.3 Å². The van der Waals surface area contributed by atoms with Gasteiger partial charge in [0.25, 0.3) is 0 Å². The summed E-state index contributed by atoms with van der Waals surface area (Å²) in [7, 11) is -3.05. The molecule has 0 aromatic heterocycles. The first-order valence-corrected chi connectivity index (χ1v) is 8.87.